The van der Waals surface area contributed by atoms with E-state index in [1.54, 1.807) is 12.1 Å². The molecule has 2 aromatic carbocycles. The highest BCUT2D eigenvalue weighted by molar-refractivity contribution is 7.98. The lowest BCUT2D eigenvalue weighted by Gasteiger charge is -2.12. The summed E-state index contributed by atoms with van der Waals surface area (Å²) in [6, 6.07) is 17.6. The predicted molar refractivity (Wildman–Crippen MR) is 108 cm³/mol. The second kappa shape index (κ2) is 8.22. The molecule has 1 heterocycles. The summed E-state index contributed by atoms with van der Waals surface area (Å²) in [5.41, 5.74) is 3.96. The Bertz CT molecular complexity index is 947. The smallest absolute Gasteiger partial charge is 0.189 e. The molecule has 0 saturated carbocycles. The number of thioether (sulfide) groups is 1. The minimum atomic E-state index is 0.407. The predicted octanol–water partition coefficient (Wildman–Crippen LogP) is 5.70. The molecule has 0 spiro atoms. The fourth-order valence-electron chi connectivity index (χ4n) is 2.51. The molecule has 0 unspecified atom stereocenters. The summed E-state index contributed by atoms with van der Waals surface area (Å²) in [6.07, 6.45) is 2.89. The largest absolute Gasteiger partial charge is 0.339 e. The standard InChI is InChI=1S/C20H17ClN4S/c1-3-13-4-10-16(11-5-13)23-19-17(12-22)18(24-20(25-19)26-2)14-6-8-15(21)9-7-14/h4-11H,3H2,1-2H3,(H,23,24,25). The number of hydrogen-bond donors (Lipinski definition) is 1. The molecule has 26 heavy (non-hydrogen) atoms. The Balaban J connectivity index is 2.07. The molecular weight excluding hydrogens is 364 g/mol. The normalized spacial score (nSPS) is 10.4. The molecule has 1 N–H and O–H groups in total. The van der Waals surface area contributed by atoms with Gasteiger partial charge in [0.25, 0.3) is 0 Å². The lowest BCUT2D eigenvalue weighted by molar-refractivity contribution is 0.975. The topological polar surface area (TPSA) is 61.6 Å². The maximum Gasteiger partial charge on any atom is 0.189 e. The van der Waals surface area contributed by atoms with E-state index in [-0.39, 0.29) is 0 Å². The fourth-order valence-corrected chi connectivity index (χ4v) is 3.00. The summed E-state index contributed by atoms with van der Waals surface area (Å²) in [6.45, 7) is 2.11. The third kappa shape index (κ3) is 3.98. The van der Waals surface area contributed by atoms with E-state index in [1.807, 2.05) is 30.5 Å². The van der Waals surface area contributed by atoms with E-state index >= 15 is 0 Å². The van der Waals surface area contributed by atoms with Gasteiger partial charge in [-0.15, -0.1) is 0 Å². The van der Waals surface area contributed by atoms with Crippen LogP contribution < -0.4 is 5.32 Å². The van der Waals surface area contributed by atoms with Gasteiger partial charge in [-0.3, -0.25) is 0 Å². The third-order valence-corrected chi connectivity index (χ3v) is 4.73. The Hall–Kier alpha value is -2.55. The minimum absolute atomic E-state index is 0.407. The van der Waals surface area contributed by atoms with E-state index in [1.165, 1.54) is 17.3 Å². The van der Waals surface area contributed by atoms with Gasteiger partial charge < -0.3 is 5.32 Å². The van der Waals surface area contributed by atoms with Crippen molar-refractivity contribution in [1.29, 1.82) is 5.26 Å². The van der Waals surface area contributed by atoms with E-state index in [0.717, 1.165) is 17.7 Å². The highest BCUT2D eigenvalue weighted by Crippen LogP contribution is 2.30. The molecule has 0 aliphatic carbocycles. The molecule has 0 bridgehead atoms. The summed E-state index contributed by atoms with van der Waals surface area (Å²) < 4.78 is 0. The fraction of sp³-hybridized carbons (Fsp3) is 0.150. The van der Waals surface area contributed by atoms with Crippen molar-refractivity contribution in [1.82, 2.24) is 9.97 Å². The van der Waals surface area contributed by atoms with Crippen molar-refractivity contribution in [2.45, 2.75) is 18.5 Å². The van der Waals surface area contributed by atoms with Gasteiger partial charge >= 0.3 is 0 Å². The lowest BCUT2D eigenvalue weighted by atomic mass is 10.1. The number of hydrogen-bond acceptors (Lipinski definition) is 5. The molecule has 0 radical (unpaired) electrons. The Kier molecular flexibility index (Phi) is 5.77. The average molecular weight is 381 g/mol. The van der Waals surface area contributed by atoms with E-state index < -0.39 is 0 Å². The van der Waals surface area contributed by atoms with Crippen LogP contribution in [0, 0.1) is 11.3 Å². The van der Waals surface area contributed by atoms with Crippen LogP contribution in [-0.4, -0.2) is 16.2 Å². The van der Waals surface area contributed by atoms with E-state index in [0.29, 0.717) is 27.3 Å². The van der Waals surface area contributed by atoms with Gasteiger partial charge in [0, 0.05) is 16.3 Å². The van der Waals surface area contributed by atoms with Crippen molar-refractivity contribution in [3.05, 3.63) is 64.7 Å². The molecule has 1 aromatic heterocycles. The zero-order chi connectivity index (χ0) is 18.5. The van der Waals surface area contributed by atoms with Crippen molar-refractivity contribution in [3.63, 3.8) is 0 Å². The maximum atomic E-state index is 9.74. The molecule has 0 aliphatic heterocycles. The van der Waals surface area contributed by atoms with Crippen molar-refractivity contribution >= 4 is 34.9 Å². The second-order valence-corrected chi connectivity index (χ2v) is 6.79. The summed E-state index contributed by atoms with van der Waals surface area (Å²) in [5, 5.41) is 14.2. The molecule has 0 saturated heterocycles. The molecule has 6 heteroatoms. The number of benzene rings is 2. The molecule has 4 nitrogen and oxygen atoms in total. The molecule has 0 atom stereocenters. The summed E-state index contributed by atoms with van der Waals surface area (Å²) in [4.78, 5) is 9.03. The first-order valence-corrected chi connectivity index (χ1v) is 9.73. The number of aryl methyl sites for hydroxylation is 1. The number of nitrogens with zero attached hydrogens (tertiary/aromatic N) is 3. The Labute approximate surface area is 162 Å². The van der Waals surface area contributed by atoms with Crippen molar-refractivity contribution in [2.75, 3.05) is 11.6 Å². The van der Waals surface area contributed by atoms with Crippen molar-refractivity contribution < 1.29 is 0 Å². The first-order chi connectivity index (χ1) is 12.6. The van der Waals surface area contributed by atoms with Crippen molar-refractivity contribution in [3.8, 4) is 17.3 Å². The summed E-state index contributed by atoms with van der Waals surface area (Å²) in [5.74, 6) is 0.501. The van der Waals surface area contributed by atoms with Gasteiger partial charge in [0.15, 0.2) is 11.0 Å². The second-order valence-electron chi connectivity index (χ2n) is 5.58. The number of aromatic nitrogens is 2. The molecular formula is C20H17ClN4S. The Morgan fingerprint density at radius 2 is 1.77 bits per heavy atom. The van der Waals surface area contributed by atoms with E-state index in [4.69, 9.17) is 11.6 Å². The number of nitrogens with one attached hydrogen (secondary N) is 1. The lowest BCUT2D eigenvalue weighted by Crippen LogP contribution is -2.03. The highest BCUT2D eigenvalue weighted by atomic mass is 35.5. The average Bonchev–Trinajstić information content (AvgIpc) is 2.68. The van der Waals surface area contributed by atoms with Gasteiger partial charge in [-0.05, 0) is 42.5 Å². The van der Waals surface area contributed by atoms with Crippen LogP contribution >= 0.6 is 23.4 Å². The molecule has 3 rings (SSSR count). The quantitative estimate of drug-likeness (QED) is 0.454. The molecule has 130 valence electrons. The molecule has 0 fully saturated rings. The van der Waals surface area contributed by atoms with Gasteiger partial charge in [-0.1, -0.05) is 54.6 Å². The molecule has 0 aliphatic rings. The zero-order valence-corrected chi connectivity index (χ0v) is 16.0. The number of nitriles is 1. The van der Waals surface area contributed by atoms with Gasteiger partial charge in [-0.2, -0.15) is 5.26 Å². The van der Waals surface area contributed by atoms with Crippen LogP contribution in [0.2, 0.25) is 5.02 Å². The SMILES string of the molecule is CCc1ccc(Nc2nc(SC)nc(-c3ccc(Cl)cc3)c2C#N)cc1. The van der Waals surface area contributed by atoms with Crippen LogP contribution in [0.15, 0.2) is 53.7 Å². The monoisotopic (exact) mass is 380 g/mol. The first-order valence-electron chi connectivity index (χ1n) is 8.12. The Morgan fingerprint density at radius 3 is 2.35 bits per heavy atom. The van der Waals surface area contributed by atoms with Crippen LogP contribution in [0.25, 0.3) is 11.3 Å². The first kappa shape index (κ1) is 18.2. The van der Waals surface area contributed by atoms with Crippen LogP contribution in [0.5, 0.6) is 0 Å². The third-order valence-electron chi connectivity index (χ3n) is 3.93. The minimum Gasteiger partial charge on any atom is -0.339 e. The molecule has 3 aromatic rings. The van der Waals surface area contributed by atoms with E-state index in [2.05, 4.69) is 40.4 Å². The van der Waals surface area contributed by atoms with Crippen LogP contribution in [0.1, 0.15) is 18.1 Å². The van der Waals surface area contributed by atoms with Crippen LogP contribution in [0.4, 0.5) is 11.5 Å². The Morgan fingerprint density at radius 1 is 1.08 bits per heavy atom. The van der Waals surface area contributed by atoms with Gasteiger partial charge in [0.05, 0.1) is 5.69 Å². The van der Waals surface area contributed by atoms with E-state index in [9.17, 15) is 5.26 Å². The maximum absolute atomic E-state index is 9.74. The zero-order valence-electron chi connectivity index (χ0n) is 14.5. The summed E-state index contributed by atoms with van der Waals surface area (Å²) >= 11 is 7.41. The number of halogens is 1. The van der Waals surface area contributed by atoms with Gasteiger partial charge in [0.2, 0.25) is 0 Å². The number of rotatable bonds is 5. The molecule has 0 amide bonds. The van der Waals surface area contributed by atoms with Crippen LogP contribution in [-0.2, 0) is 6.42 Å². The van der Waals surface area contributed by atoms with Crippen molar-refractivity contribution in [2.24, 2.45) is 0 Å². The van der Waals surface area contributed by atoms with Gasteiger partial charge in [-0.25, -0.2) is 9.97 Å². The number of anilines is 2. The highest BCUT2D eigenvalue weighted by Gasteiger charge is 2.16. The summed E-state index contributed by atoms with van der Waals surface area (Å²) in [7, 11) is 0. The van der Waals surface area contributed by atoms with Crippen LogP contribution in [0.3, 0.4) is 0 Å². The van der Waals surface area contributed by atoms with Gasteiger partial charge in [0.1, 0.15) is 11.6 Å².